The van der Waals surface area contributed by atoms with Gasteiger partial charge in [0.2, 0.25) is 0 Å². The van der Waals surface area contributed by atoms with Crippen LogP contribution in [0, 0.1) is 5.92 Å². The quantitative estimate of drug-likeness (QED) is 0.911. The SMILES string of the molecule is O=S1(=O)CCC(CNCc2cccc(Cl)c2)C1. The maximum atomic E-state index is 11.3. The van der Waals surface area contributed by atoms with Crippen molar-refractivity contribution in [3.8, 4) is 0 Å². The summed E-state index contributed by atoms with van der Waals surface area (Å²) in [5.74, 6) is 0.936. The summed E-state index contributed by atoms with van der Waals surface area (Å²) in [5, 5.41) is 4.01. The Kier molecular flexibility index (Phi) is 4.07. The Morgan fingerprint density at radius 1 is 1.41 bits per heavy atom. The average molecular weight is 274 g/mol. The summed E-state index contributed by atoms with van der Waals surface area (Å²) in [6.45, 7) is 1.49. The van der Waals surface area contributed by atoms with E-state index in [-0.39, 0.29) is 5.92 Å². The van der Waals surface area contributed by atoms with E-state index in [0.717, 1.165) is 30.1 Å². The molecule has 3 nitrogen and oxygen atoms in total. The lowest BCUT2D eigenvalue weighted by Gasteiger charge is -2.09. The van der Waals surface area contributed by atoms with E-state index < -0.39 is 9.84 Å². The minimum Gasteiger partial charge on any atom is -0.312 e. The number of hydrogen-bond donors (Lipinski definition) is 1. The minimum atomic E-state index is -2.76. The van der Waals surface area contributed by atoms with Crippen molar-refractivity contribution in [3.63, 3.8) is 0 Å². The van der Waals surface area contributed by atoms with Gasteiger partial charge < -0.3 is 5.32 Å². The highest BCUT2D eigenvalue weighted by atomic mass is 35.5. The largest absolute Gasteiger partial charge is 0.312 e. The Morgan fingerprint density at radius 3 is 2.88 bits per heavy atom. The number of halogens is 1. The molecule has 1 fully saturated rings. The summed E-state index contributed by atoms with van der Waals surface area (Å²) < 4.78 is 22.5. The highest BCUT2D eigenvalue weighted by molar-refractivity contribution is 7.91. The van der Waals surface area contributed by atoms with Crippen molar-refractivity contribution < 1.29 is 8.42 Å². The van der Waals surface area contributed by atoms with Gasteiger partial charge in [0, 0.05) is 11.6 Å². The van der Waals surface area contributed by atoms with E-state index in [1.54, 1.807) is 0 Å². The Balaban J connectivity index is 1.77. The lowest BCUT2D eigenvalue weighted by molar-refractivity contribution is 0.521. The molecule has 2 rings (SSSR count). The summed E-state index contributed by atoms with van der Waals surface area (Å²) in [6, 6.07) is 7.68. The maximum Gasteiger partial charge on any atom is 0.150 e. The van der Waals surface area contributed by atoms with Crippen LogP contribution in [0.1, 0.15) is 12.0 Å². The number of rotatable bonds is 4. The van der Waals surface area contributed by atoms with Gasteiger partial charge in [-0.2, -0.15) is 0 Å². The van der Waals surface area contributed by atoms with Gasteiger partial charge in [-0.15, -0.1) is 0 Å². The first-order valence-electron chi connectivity index (χ1n) is 5.71. The minimum absolute atomic E-state index is 0.263. The second kappa shape index (κ2) is 5.38. The highest BCUT2D eigenvalue weighted by Crippen LogP contribution is 2.17. The van der Waals surface area contributed by atoms with Crippen molar-refractivity contribution >= 4 is 21.4 Å². The summed E-state index contributed by atoms with van der Waals surface area (Å²) in [4.78, 5) is 0. The molecule has 17 heavy (non-hydrogen) atoms. The summed E-state index contributed by atoms with van der Waals surface area (Å²) >= 11 is 5.88. The smallest absolute Gasteiger partial charge is 0.150 e. The van der Waals surface area contributed by atoms with Gasteiger partial charge in [-0.3, -0.25) is 0 Å². The van der Waals surface area contributed by atoms with Crippen molar-refractivity contribution in [2.45, 2.75) is 13.0 Å². The van der Waals surface area contributed by atoms with Gasteiger partial charge in [-0.05, 0) is 36.6 Å². The fraction of sp³-hybridized carbons (Fsp3) is 0.500. The van der Waals surface area contributed by atoms with Crippen LogP contribution >= 0.6 is 11.6 Å². The molecular weight excluding hydrogens is 258 g/mol. The van der Waals surface area contributed by atoms with Crippen LogP contribution in [0.5, 0.6) is 0 Å². The molecule has 0 amide bonds. The second-order valence-corrected chi connectivity index (χ2v) is 7.20. The van der Waals surface area contributed by atoms with Crippen molar-refractivity contribution in [1.82, 2.24) is 5.32 Å². The molecule has 94 valence electrons. The van der Waals surface area contributed by atoms with Crippen LogP contribution in [0.15, 0.2) is 24.3 Å². The molecule has 0 aliphatic carbocycles. The van der Waals surface area contributed by atoms with Gasteiger partial charge in [0.25, 0.3) is 0 Å². The molecule has 0 radical (unpaired) electrons. The third-order valence-corrected chi connectivity index (χ3v) is 5.05. The van der Waals surface area contributed by atoms with Crippen molar-refractivity contribution in [2.24, 2.45) is 5.92 Å². The van der Waals surface area contributed by atoms with Crippen LogP contribution in [-0.2, 0) is 16.4 Å². The van der Waals surface area contributed by atoms with E-state index in [1.165, 1.54) is 0 Å². The molecule has 1 aliphatic heterocycles. The zero-order chi connectivity index (χ0) is 12.3. The van der Waals surface area contributed by atoms with Crippen LogP contribution in [0.25, 0.3) is 0 Å². The van der Waals surface area contributed by atoms with E-state index in [9.17, 15) is 8.42 Å². The number of nitrogens with one attached hydrogen (secondary N) is 1. The molecule has 5 heteroatoms. The van der Waals surface area contributed by atoms with E-state index >= 15 is 0 Å². The summed E-state index contributed by atoms with van der Waals surface area (Å²) in [6.07, 6.45) is 0.783. The predicted octanol–water partition coefficient (Wildman–Crippen LogP) is 1.86. The Bertz CT molecular complexity index is 487. The molecule has 1 aromatic rings. The molecular formula is C12H16ClNO2S. The molecule has 1 unspecified atom stereocenters. The Hall–Kier alpha value is -0.580. The molecule has 1 aromatic carbocycles. The fourth-order valence-electron chi connectivity index (χ4n) is 2.10. The molecule has 1 atom stereocenters. The molecule has 0 aromatic heterocycles. The molecule has 1 heterocycles. The van der Waals surface area contributed by atoms with E-state index in [1.807, 2.05) is 24.3 Å². The van der Waals surface area contributed by atoms with Gasteiger partial charge in [0.05, 0.1) is 11.5 Å². The first kappa shape index (κ1) is 12.9. The molecule has 0 bridgehead atoms. The van der Waals surface area contributed by atoms with Gasteiger partial charge in [0.15, 0.2) is 9.84 Å². The van der Waals surface area contributed by atoms with E-state index in [4.69, 9.17) is 11.6 Å². The lowest BCUT2D eigenvalue weighted by Crippen LogP contribution is -2.23. The van der Waals surface area contributed by atoms with Crippen LogP contribution in [0.3, 0.4) is 0 Å². The second-order valence-electron chi connectivity index (χ2n) is 4.53. The monoisotopic (exact) mass is 273 g/mol. The van der Waals surface area contributed by atoms with Crippen molar-refractivity contribution in [3.05, 3.63) is 34.9 Å². The molecule has 1 saturated heterocycles. The van der Waals surface area contributed by atoms with Crippen LogP contribution in [-0.4, -0.2) is 26.5 Å². The number of hydrogen-bond acceptors (Lipinski definition) is 3. The average Bonchev–Trinajstić information content (AvgIpc) is 2.58. The zero-order valence-electron chi connectivity index (χ0n) is 9.52. The van der Waals surface area contributed by atoms with Crippen molar-refractivity contribution in [1.29, 1.82) is 0 Å². The molecule has 0 saturated carbocycles. The van der Waals surface area contributed by atoms with Gasteiger partial charge in [-0.1, -0.05) is 23.7 Å². The first-order valence-corrected chi connectivity index (χ1v) is 7.91. The van der Waals surface area contributed by atoms with Gasteiger partial charge >= 0.3 is 0 Å². The first-order chi connectivity index (χ1) is 8.05. The van der Waals surface area contributed by atoms with Gasteiger partial charge in [0.1, 0.15) is 0 Å². The van der Waals surface area contributed by atoms with Crippen LogP contribution in [0.4, 0.5) is 0 Å². The van der Waals surface area contributed by atoms with E-state index in [0.29, 0.717) is 11.5 Å². The topological polar surface area (TPSA) is 46.2 Å². The van der Waals surface area contributed by atoms with Gasteiger partial charge in [-0.25, -0.2) is 8.42 Å². The van der Waals surface area contributed by atoms with E-state index in [2.05, 4.69) is 5.32 Å². The van der Waals surface area contributed by atoms with Crippen molar-refractivity contribution in [2.75, 3.05) is 18.1 Å². The highest BCUT2D eigenvalue weighted by Gasteiger charge is 2.27. The molecule has 1 N–H and O–H groups in total. The maximum absolute atomic E-state index is 11.3. The Morgan fingerprint density at radius 2 is 2.24 bits per heavy atom. The zero-order valence-corrected chi connectivity index (χ0v) is 11.1. The lowest BCUT2D eigenvalue weighted by atomic mass is 10.1. The molecule has 0 spiro atoms. The predicted molar refractivity (Wildman–Crippen MR) is 69.9 cm³/mol. The number of benzene rings is 1. The van der Waals surface area contributed by atoms with Crippen LogP contribution in [0.2, 0.25) is 5.02 Å². The third-order valence-electron chi connectivity index (χ3n) is 2.98. The fourth-order valence-corrected chi connectivity index (χ4v) is 4.18. The third kappa shape index (κ3) is 3.98. The standard InChI is InChI=1S/C12H16ClNO2S/c13-12-3-1-2-10(6-12)7-14-8-11-4-5-17(15,16)9-11/h1-3,6,11,14H,4-5,7-9H2. The molecule has 1 aliphatic rings. The summed E-state index contributed by atoms with van der Waals surface area (Å²) in [5.41, 5.74) is 1.12. The number of sulfone groups is 1. The normalized spacial score (nSPS) is 22.8. The Labute approximate surface area is 107 Å². The summed E-state index contributed by atoms with van der Waals surface area (Å²) in [7, 11) is -2.76. The van der Waals surface area contributed by atoms with Crippen LogP contribution < -0.4 is 5.32 Å².